The van der Waals surface area contributed by atoms with E-state index in [1.54, 1.807) is 46.2 Å². The zero-order valence-electron chi connectivity index (χ0n) is 26.0. The van der Waals surface area contributed by atoms with Gasteiger partial charge in [-0.1, -0.05) is 23.4 Å². The van der Waals surface area contributed by atoms with E-state index in [0.717, 1.165) is 17.7 Å². The van der Waals surface area contributed by atoms with Crippen LogP contribution >= 0.6 is 0 Å². The summed E-state index contributed by atoms with van der Waals surface area (Å²) in [6, 6.07) is 13.1. The molecule has 1 aliphatic heterocycles. The van der Waals surface area contributed by atoms with Crippen molar-refractivity contribution in [2.24, 2.45) is 0 Å². The van der Waals surface area contributed by atoms with E-state index in [4.69, 9.17) is 4.11 Å². The molecule has 41 heavy (non-hydrogen) atoms. The van der Waals surface area contributed by atoms with Crippen molar-refractivity contribution in [3.05, 3.63) is 90.5 Å². The van der Waals surface area contributed by atoms with Crippen LogP contribution in [-0.2, 0) is 4.79 Å². The number of likely N-dealkylation sites (N-methyl/N-ethyl adjacent to an activating group) is 1. The normalized spacial score (nSPS) is 21.0. The lowest BCUT2D eigenvalue weighted by Crippen LogP contribution is -2.54. The molecule has 1 saturated carbocycles. The summed E-state index contributed by atoms with van der Waals surface area (Å²) in [5.74, 6) is -0.509. The number of carbonyl (C=O) groups is 2. The maximum absolute atomic E-state index is 13.7. The number of hydrogen-bond donors (Lipinski definition) is 1. The minimum absolute atomic E-state index is 0.214. The summed E-state index contributed by atoms with van der Waals surface area (Å²) in [5, 5.41) is 10.7. The van der Waals surface area contributed by atoms with E-state index in [1.807, 2.05) is 18.2 Å². The van der Waals surface area contributed by atoms with Gasteiger partial charge in [-0.15, -0.1) is 11.7 Å². The van der Waals surface area contributed by atoms with Gasteiger partial charge >= 0.3 is 0 Å². The highest BCUT2D eigenvalue weighted by Crippen LogP contribution is 2.44. The number of hydrogen-bond acceptors (Lipinski definition) is 6. The molecule has 0 bridgehead atoms. The fraction of sp³-hybridized carbons (Fsp3) is 0.419. The molecular formula is C31H38FN7O2. The molecule has 0 unspecified atom stereocenters. The van der Waals surface area contributed by atoms with E-state index >= 15 is 0 Å². The Hall–Kier alpha value is -3.89. The molecule has 9 nitrogen and oxygen atoms in total. The van der Waals surface area contributed by atoms with Gasteiger partial charge in [0, 0.05) is 54.4 Å². The summed E-state index contributed by atoms with van der Waals surface area (Å²) in [4.78, 5) is 32.4. The molecule has 0 radical (unpaired) electrons. The van der Waals surface area contributed by atoms with Gasteiger partial charge < -0.3 is 15.1 Å². The van der Waals surface area contributed by atoms with Gasteiger partial charge in [-0.2, -0.15) is 0 Å². The van der Waals surface area contributed by atoms with E-state index in [9.17, 15) is 14.0 Å². The number of benzene rings is 2. The van der Waals surface area contributed by atoms with Crippen molar-refractivity contribution in [2.45, 2.75) is 37.3 Å². The Morgan fingerprint density at radius 1 is 1.17 bits per heavy atom. The molecular weight excluding hydrogens is 521 g/mol. The SMILES string of the molecule is [2H]C([2H])([2H])N1CCN(C(=O)[C@H](CCCN(CC=C)[C@@H]2C[C@H]2c2ccc(F)cc2)NC(=O)c2ccc(-n3ccnn3)cc2)CC1. The molecule has 1 aliphatic carbocycles. The minimum atomic E-state index is -2.20. The summed E-state index contributed by atoms with van der Waals surface area (Å²) >= 11 is 0. The van der Waals surface area contributed by atoms with Crippen LogP contribution in [0.5, 0.6) is 0 Å². The zero-order chi connectivity index (χ0) is 31.3. The van der Waals surface area contributed by atoms with Gasteiger partial charge in [0.05, 0.1) is 18.1 Å². The van der Waals surface area contributed by atoms with E-state index in [0.29, 0.717) is 43.5 Å². The number of aromatic nitrogens is 3. The fourth-order valence-corrected chi connectivity index (χ4v) is 5.47. The topological polar surface area (TPSA) is 86.6 Å². The van der Waals surface area contributed by atoms with E-state index in [2.05, 4.69) is 27.1 Å². The molecule has 1 N–H and O–H groups in total. The van der Waals surface area contributed by atoms with Crippen LogP contribution in [0, 0.1) is 5.82 Å². The predicted octanol–water partition coefficient (Wildman–Crippen LogP) is 3.10. The number of nitrogens with zero attached hydrogens (tertiary/aromatic N) is 6. The minimum Gasteiger partial charge on any atom is -0.340 e. The van der Waals surface area contributed by atoms with Crippen molar-refractivity contribution < 1.29 is 18.1 Å². The first-order valence-electron chi connectivity index (χ1n) is 15.6. The fourth-order valence-electron chi connectivity index (χ4n) is 5.47. The van der Waals surface area contributed by atoms with Crippen LogP contribution in [0.3, 0.4) is 0 Å². The van der Waals surface area contributed by atoms with Crippen molar-refractivity contribution in [2.75, 3.05) is 46.2 Å². The lowest BCUT2D eigenvalue weighted by molar-refractivity contribution is -0.135. The molecule has 2 heterocycles. The second-order valence-corrected chi connectivity index (χ2v) is 10.6. The lowest BCUT2D eigenvalue weighted by Gasteiger charge is -2.35. The van der Waals surface area contributed by atoms with Crippen molar-refractivity contribution in [3.63, 3.8) is 0 Å². The number of halogens is 1. The first-order chi connectivity index (χ1) is 21.1. The smallest absolute Gasteiger partial charge is 0.251 e. The Kier molecular flexibility index (Phi) is 8.00. The van der Waals surface area contributed by atoms with Gasteiger partial charge in [0.1, 0.15) is 11.9 Å². The third-order valence-electron chi connectivity index (χ3n) is 7.84. The first kappa shape index (κ1) is 24.9. The van der Waals surface area contributed by atoms with E-state index < -0.39 is 13.0 Å². The van der Waals surface area contributed by atoms with Crippen molar-refractivity contribution >= 4 is 11.8 Å². The highest BCUT2D eigenvalue weighted by atomic mass is 19.1. The number of rotatable bonds is 12. The highest BCUT2D eigenvalue weighted by Gasteiger charge is 2.42. The van der Waals surface area contributed by atoms with E-state index in [1.165, 1.54) is 17.0 Å². The molecule has 5 rings (SSSR count). The Balaban J connectivity index is 1.24. The molecule has 2 amide bonds. The second kappa shape index (κ2) is 13.2. The molecule has 0 spiro atoms. The summed E-state index contributed by atoms with van der Waals surface area (Å²) in [6.45, 7) is 4.13. The van der Waals surface area contributed by atoms with Gasteiger partial charge in [0.25, 0.3) is 5.91 Å². The average Bonchev–Trinajstić information content (AvgIpc) is 3.62. The molecule has 1 saturated heterocycles. The molecule has 2 fully saturated rings. The van der Waals surface area contributed by atoms with Crippen LogP contribution in [0.15, 0.2) is 73.6 Å². The number of nitrogens with one attached hydrogen (secondary N) is 1. The predicted molar refractivity (Wildman–Crippen MR) is 155 cm³/mol. The molecule has 10 heteroatoms. The molecule has 2 aliphatic rings. The number of piperazine rings is 1. The Morgan fingerprint density at radius 2 is 1.93 bits per heavy atom. The summed E-state index contributed by atoms with van der Waals surface area (Å²) in [7, 11) is 0. The maximum atomic E-state index is 13.7. The monoisotopic (exact) mass is 562 g/mol. The van der Waals surface area contributed by atoms with Gasteiger partial charge in [-0.3, -0.25) is 14.5 Å². The van der Waals surface area contributed by atoms with Crippen LogP contribution in [0.25, 0.3) is 5.69 Å². The van der Waals surface area contributed by atoms with Gasteiger partial charge in [-0.05, 0) is 74.7 Å². The number of amides is 2. The Bertz CT molecular complexity index is 1410. The largest absolute Gasteiger partial charge is 0.340 e. The molecule has 216 valence electrons. The second-order valence-electron chi connectivity index (χ2n) is 10.6. The van der Waals surface area contributed by atoms with Crippen LogP contribution in [0.4, 0.5) is 4.39 Å². The average molecular weight is 563 g/mol. The van der Waals surface area contributed by atoms with Crippen molar-refractivity contribution in [1.82, 2.24) is 35.0 Å². The molecule has 3 aromatic rings. The highest BCUT2D eigenvalue weighted by molar-refractivity contribution is 5.97. The summed E-state index contributed by atoms with van der Waals surface area (Å²) in [6.07, 6.45) is 7.17. The van der Waals surface area contributed by atoms with Gasteiger partial charge in [0.15, 0.2) is 0 Å². The van der Waals surface area contributed by atoms with Crippen LogP contribution in [0.2, 0.25) is 0 Å². The third-order valence-corrected chi connectivity index (χ3v) is 7.84. The molecule has 3 atom stereocenters. The Morgan fingerprint density at radius 3 is 2.59 bits per heavy atom. The van der Waals surface area contributed by atoms with Crippen LogP contribution < -0.4 is 5.32 Å². The maximum Gasteiger partial charge on any atom is 0.251 e. The molecule has 2 aromatic carbocycles. The third kappa shape index (κ3) is 7.25. The van der Waals surface area contributed by atoms with Gasteiger partial charge in [0.2, 0.25) is 5.91 Å². The van der Waals surface area contributed by atoms with Crippen LogP contribution in [0.1, 0.15) is 45.2 Å². The van der Waals surface area contributed by atoms with E-state index in [-0.39, 0.29) is 43.8 Å². The molecule has 1 aromatic heterocycles. The number of carbonyl (C=O) groups excluding carboxylic acids is 2. The standard InChI is InChI=1S/C31H38FN7O2/c1-3-15-37(29-22-27(29)23-6-10-25(32)11-7-23)16-4-5-28(31(41)38-20-18-36(2)19-21-38)34-30(40)24-8-12-26(13-9-24)39-17-14-33-35-39/h3,6-14,17,27-29H,1,4-5,15-16,18-22H2,2H3,(H,34,40)/t27-,28-,29+/m0/s1/i2D3. The van der Waals surface area contributed by atoms with Crippen LogP contribution in [-0.4, -0.2) is 99.8 Å². The lowest BCUT2D eigenvalue weighted by atomic mass is 10.1. The Labute approximate surface area is 244 Å². The first-order valence-corrected chi connectivity index (χ1v) is 14.1. The van der Waals surface area contributed by atoms with Crippen molar-refractivity contribution in [3.8, 4) is 5.69 Å². The van der Waals surface area contributed by atoms with Crippen molar-refractivity contribution in [1.29, 1.82) is 0 Å². The summed E-state index contributed by atoms with van der Waals surface area (Å²) in [5.41, 5.74) is 2.27. The zero-order valence-corrected chi connectivity index (χ0v) is 23.0. The quantitative estimate of drug-likeness (QED) is 0.342. The van der Waals surface area contributed by atoms with Gasteiger partial charge in [-0.25, -0.2) is 9.07 Å². The summed E-state index contributed by atoms with van der Waals surface area (Å²) < 4.78 is 38.0.